The predicted molar refractivity (Wildman–Crippen MR) is 104 cm³/mol. The Hall–Kier alpha value is -2.73. The Kier molecular flexibility index (Phi) is 6.86. The quantitative estimate of drug-likeness (QED) is 0.509. The Morgan fingerprint density at radius 2 is 2.12 bits per heavy atom. The van der Waals surface area contributed by atoms with Gasteiger partial charge in [0.05, 0.1) is 13.3 Å². The van der Waals surface area contributed by atoms with E-state index < -0.39 is 6.04 Å². The van der Waals surface area contributed by atoms with Crippen molar-refractivity contribution in [2.24, 2.45) is 5.10 Å². The van der Waals surface area contributed by atoms with Crippen LogP contribution in [0.2, 0.25) is 5.02 Å². The van der Waals surface area contributed by atoms with E-state index in [2.05, 4.69) is 15.8 Å². The lowest BCUT2D eigenvalue weighted by Crippen LogP contribution is -2.37. The summed E-state index contributed by atoms with van der Waals surface area (Å²) in [6.07, 6.45) is 1.95. The minimum Gasteiger partial charge on any atom is -0.507 e. The fraction of sp³-hybridized carbons (Fsp3) is 0.263. The van der Waals surface area contributed by atoms with E-state index in [0.717, 1.165) is 11.3 Å². The smallest absolute Gasteiger partial charge is 0.262 e. The maximum atomic E-state index is 12.4. The molecule has 138 valence electrons. The number of amides is 1. The van der Waals surface area contributed by atoms with Gasteiger partial charge in [0.25, 0.3) is 5.91 Å². The highest BCUT2D eigenvalue weighted by Crippen LogP contribution is 2.22. The summed E-state index contributed by atoms with van der Waals surface area (Å²) >= 11 is 5.96. The number of methoxy groups -OCH3 is 1. The molecule has 0 aliphatic rings. The number of rotatable bonds is 7. The van der Waals surface area contributed by atoms with Crippen molar-refractivity contribution in [3.05, 3.63) is 52.5 Å². The topological polar surface area (TPSA) is 83.0 Å². The molecule has 7 heteroatoms. The van der Waals surface area contributed by atoms with E-state index in [-0.39, 0.29) is 11.7 Å². The van der Waals surface area contributed by atoms with Crippen LogP contribution in [0, 0.1) is 6.92 Å². The SMILES string of the molecule is CCC(Nc1ccc(Cl)cc1C)C(=O)NN=Cc1cc(OC)ccc1O. The summed E-state index contributed by atoms with van der Waals surface area (Å²) in [5, 5.41) is 17.6. The van der Waals surface area contributed by atoms with Gasteiger partial charge in [-0.15, -0.1) is 0 Å². The average molecular weight is 376 g/mol. The molecule has 2 aromatic rings. The lowest BCUT2D eigenvalue weighted by molar-refractivity contribution is -0.121. The van der Waals surface area contributed by atoms with Crippen molar-refractivity contribution >= 4 is 29.4 Å². The Balaban J connectivity index is 2.03. The number of benzene rings is 2. The second-order valence-electron chi connectivity index (χ2n) is 5.72. The van der Waals surface area contributed by atoms with Gasteiger partial charge in [0.15, 0.2) is 0 Å². The number of carbonyl (C=O) groups is 1. The number of hydrazone groups is 1. The first-order chi connectivity index (χ1) is 12.4. The standard InChI is InChI=1S/C19H22ClN3O3/c1-4-16(22-17-7-5-14(20)9-12(17)2)19(25)23-21-11-13-10-15(26-3)6-8-18(13)24/h5-11,16,22,24H,4H2,1-3H3,(H,23,25). The molecule has 0 fully saturated rings. The van der Waals surface area contributed by atoms with Gasteiger partial charge in [-0.3, -0.25) is 4.79 Å². The van der Waals surface area contributed by atoms with Crippen LogP contribution in [-0.2, 0) is 4.79 Å². The molecule has 1 atom stereocenters. The first-order valence-electron chi connectivity index (χ1n) is 8.17. The number of hydrogen-bond acceptors (Lipinski definition) is 5. The minimum absolute atomic E-state index is 0.0470. The maximum absolute atomic E-state index is 12.4. The van der Waals surface area contributed by atoms with Gasteiger partial charge in [-0.2, -0.15) is 5.10 Å². The van der Waals surface area contributed by atoms with Gasteiger partial charge >= 0.3 is 0 Å². The van der Waals surface area contributed by atoms with Crippen LogP contribution in [0.25, 0.3) is 0 Å². The summed E-state index contributed by atoms with van der Waals surface area (Å²) in [7, 11) is 1.53. The number of phenols is 1. The molecule has 1 amide bonds. The lowest BCUT2D eigenvalue weighted by Gasteiger charge is -2.18. The van der Waals surface area contributed by atoms with Gasteiger partial charge in [0.1, 0.15) is 17.5 Å². The summed E-state index contributed by atoms with van der Waals surface area (Å²) in [5.41, 5.74) is 4.72. The van der Waals surface area contributed by atoms with Crippen molar-refractivity contribution in [3.63, 3.8) is 0 Å². The van der Waals surface area contributed by atoms with Crippen LogP contribution in [-0.4, -0.2) is 30.4 Å². The van der Waals surface area contributed by atoms with E-state index >= 15 is 0 Å². The molecule has 1 unspecified atom stereocenters. The predicted octanol–water partition coefficient (Wildman–Crippen LogP) is 3.70. The van der Waals surface area contributed by atoms with Crippen LogP contribution in [0.5, 0.6) is 11.5 Å². The van der Waals surface area contributed by atoms with Crippen molar-refractivity contribution in [2.45, 2.75) is 26.3 Å². The van der Waals surface area contributed by atoms with Crippen molar-refractivity contribution in [3.8, 4) is 11.5 Å². The third-order valence-electron chi connectivity index (χ3n) is 3.86. The number of anilines is 1. The van der Waals surface area contributed by atoms with E-state index in [1.165, 1.54) is 19.4 Å². The van der Waals surface area contributed by atoms with E-state index in [1.807, 2.05) is 26.0 Å². The zero-order valence-corrected chi connectivity index (χ0v) is 15.7. The van der Waals surface area contributed by atoms with Crippen LogP contribution in [0.15, 0.2) is 41.5 Å². The summed E-state index contributed by atoms with van der Waals surface area (Å²) in [6.45, 7) is 3.82. The first-order valence-corrected chi connectivity index (χ1v) is 8.55. The molecule has 6 nitrogen and oxygen atoms in total. The molecule has 2 aromatic carbocycles. The van der Waals surface area contributed by atoms with Gasteiger partial charge in [-0.25, -0.2) is 5.43 Å². The van der Waals surface area contributed by atoms with E-state index in [9.17, 15) is 9.90 Å². The molecular weight excluding hydrogens is 354 g/mol. The second-order valence-corrected chi connectivity index (χ2v) is 6.16. The highest BCUT2D eigenvalue weighted by Gasteiger charge is 2.16. The third kappa shape index (κ3) is 5.13. The molecule has 0 bridgehead atoms. The highest BCUT2D eigenvalue weighted by molar-refractivity contribution is 6.30. The molecular formula is C19H22ClN3O3. The normalized spacial score (nSPS) is 12.0. The van der Waals surface area contributed by atoms with Crippen LogP contribution >= 0.6 is 11.6 Å². The number of aromatic hydroxyl groups is 1. The Labute approximate surface area is 157 Å². The molecule has 0 spiro atoms. The number of ether oxygens (including phenoxy) is 1. The number of halogens is 1. The Bertz CT molecular complexity index is 809. The molecule has 2 rings (SSSR count). The van der Waals surface area contributed by atoms with Crippen LogP contribution in [0.4, 0.5) is 5.69 Å². The van der Waals surface area contributed by atoms with E-state index in [1.54, 1.807) is 18.2 Å². The van der Waals surface area contributed by atoms with Gasteiger partial charge in [0.2, 0.25) is 0 Å². The number of phenolic OH excluding ortho intramolecular Hbond substituents is 1. The van der Waals surface area contributed by atoms with Crippen molar-refractivity contribution < 1.29 is 14.6 Å². The molecule has 0 heterocycles. The molecule has 0 aliphatic carbocycles. The molecule has 0 radical (unpaired) electrons. The van der Waals surface area contributed by atoms with Crippen LogP contribution in [0.1, 0.15) is 24.5 Å². The van der Waals surface area contributed by atoms with Gasteiger partial charge in [0, 0.05) is 16.3 Å². The van der Waals surface area contributed by atoms with Gasteiger partial charge in [-0.1, -0.05) is 18.5 Å². The summed E-state index contributed by atoms with van der Waals surface area (Å²) in [5.74, 6) is 0.355. The lowest BCUT2D eigenvalue weighted by atomic mass is 10.1. The largest absolute Gasteiger partial charge is 0.507 e. The minimum atomic E-state index is -0.453. The summed E-state index contributed by atoms with van der Waals surface area (Å²) in [6, 6.07) is 9.75. The molecule has 0 aliphatic heterocycles. The summed E-state index contributed by atoms with van der Waals surface area (Å²) < 4.78 is 5.10. The average Bonchev–Trinajstić information content (AvgIpc) is 2.62. The number of nitrogens with zero attached hydrogens (tertiary/aromatic N) is 1. The number of hydrogen-bond donors (Lipinski definition) is 3. The second kappa shape index (κ2) is 9.10. The van der Waals surface area contributed by atoms with E-state index in [0.29, 0.717) is 22.8 Å². The van der Waals surface area contributed by atoms with Crippen molar-refractivity contribution in [1.29, 1.82) is 0 Å². The molecule has 0 saturated heterocycles. The number of nitrogens with one attached hydrogen (secondary N) is 2. The summed E-state index contributed by atoms with van der Waals surface area (Å²) in [4.78, 5) is 12.4. The molecule has 0 aromatic heterocycles. The zero-order chi connectivity index (χ0) is 19.1. The first kappa shape index (κ1) is 19.6. The molecule has 0 saturated carbocycles. The van der Waals surface area contributed by atoms with Gasteiger partial charge in [-0.05, 0) is 55.3 Å². The van der Waals surface area contributed by atoms with Crippen LogP contribution < -0.4 is 15.5 Å². The highest BCUT2D eigenvalue weighted by atomic mass is 35.5. The maximum Gasteiger partial charge on any atom is 0.262 e. The molecule has 26 heavy (non-hydrogen) atoms. The fourth-order valence-electron chi connectivity index (χ4n) is 2.34. The third-order valence-corrected chi connectivity index (χ3v) is 4.09. The van der Waals surface area contributed by atoms with Crippen molar-refractivity contribution in [1.82, 2.24) is 5.43 Å². The fourth-order valence-corrected chi connectivity index (χ4v) is 2.56. The van der Waals surface area contributed by atoms with Crippen molar-refractivity contribution in [2.75, 3.05) is 12.4 Å². The van der Waals surface area contributed by atoms with Crippen LogP contribution in [0.3, 0.4) is 0 Å². The van der Waals surface area contributed by atoms with Gasteiger partial charge < -0.3 is 15.2 Å². The zero-order valence-electron chi connectivity index (χ0n) is 14.9. The molecule has 3 N–H and O–H groups in total. The Morgan fingerprint density at radius 3 is 2.77 bits per heavy atom. The monoisotopic (exact) mass is 375 g/mol. The van der Waals surface area contributed by atoms with E-state index in [4.69, 9.17) is 16.3 Å². The number of aryl methyl sites for hydroxylation is 1. The Morgan fingerprint density at radius 1 is 1.35 bits per heavy atom. The number of carbonyl (C=O) groups excluding carboxylic acids is 1.